The van der Waals surface area contributed by atoms with Crippen LogP contribution >= 0.6 is 11.6 Å². The fourth-order valence-corrected chi connectivity index (χ4v) is 5.06. The Kier molecular flexibility index (Phi) is 5.36. The van der Waals surface area contributed by atoms with Crippen LogP contribution in [0.2, 0.25) is 5.02 Å². The van der Waals surface area contributed by atoms with Crippen LogP contribution in [-0.4, -0.2) is 45.8 Å². The van der Waals surface area contributed by atoms with E-state index < -0.39 is 5.54 Å². The first-order valence-corrected chi connectivity index (χ1v) is 11.1. The van der Waals surface area contributed by atoms with Crippen LogP contribution < -0.4 is 21.7 Å². The van der Waals surface area contributed by atoms with Crippen molar-refractivity contribution in [2.75, 3.05) is 25.4 Å². The van der Waals surface area contributed by atoms with Crippen molar-refractivity contribution in [3.05, 3.63) is 53.4 Å². The average Bonchev–Trinajstić information content (AvgIpc) is 3.24. The maximum Gasteiger partial charge on any atom is 0.240 e. The number of nitrogens with zero attached hydrogens (tertiary/aromatic N) is 3. The zero-order valence-electron chi connectivity index (χ0n) is 17.9. The van der Waals surface area contributed by atoms with Gasteiger partial charge in [-0.3, -0.25) is 9.48 Å². The number of rotatable bonds is 3. The predicted octanol–water partition coefficient (Wildman–Crippen LogP) is 2.27. The Balaban J connectivity index is 1.52. The zero-order valence-corrected chi connectivity index (χ0v) is 18.6. The van der Waals surface area contributed by atoms with Gasteiger partial charge in [0.25, 0.3) is 0 Å². The Hall–Kier alpha value is -2.94. The number of nitrogen functional groups attached to an aromatic ring is 1. The molecule has 0 aliphatic carbocycles. The molecule has 2 aliphatic rings. The summed E-state index contributed by atoms with van der Waals surface area (Å²) in [5.41, 5.74) is 10.4. The fraction of sp³-hybridized carbons (Fsp3) is 0.348. The number of aromatic nitrogens is 3. The number of hydrogen-bond donors (Lipinski definition) is 4. The number of carbonyl (C=O) groups is 1. The topological polar surface area (TPSA) is 110 Å². The molecule has 2 saturated heterocycles. The highest BCUT2D eigenvalue weighted by Crippen LogP contribution is 2.41. The molecule has 0 bridgehead atoms. The number of halogens is 1. The van der Waals surface area contributed by atoms with Crippen molar-refractivity contribution in [1.29, 1.82) is 0 Å². The number of anilines is 1. The largest absolute Gasteiger partial charge is 0.382 e. The second-order valence-corrected chi connectivity index (χ2v) is 8.87. The number of carbonyl (C=O) groups excluding carboxylic acids is 1. The lowest BCUT2D eigenvalue weighted by molar-refractivity contribution is -0.131. The number of pyridine rings is 1. The Morgan fingerprint density at radius 3 is 2.62 bits per heavy atom. The molecule has 2 aromatic heterocycles. The smallest absolute Gasteiger partial charge is 0.240 e. The fourth-order valence-electron chi connectivity index (χ4n) is 4.78. The highest BCUT2D eigenvalue weighted by atomic mass is 35.5. The minimum atomic E-state index is -0.600. The summed E-state index contributed by atoms with van der Waals surface area (Å²) in [5.74, 6) is 0.343. The van der Waals surface area contributed by atoms with Crippen LogP contribution in [0.25, 0.3) is 22.3 Å². The maximum atomic E-state index is 12.8. The van der Waals surface area contributed by atoms with Gasteiger partial charge in [-0.25, -0.2) is 4.98 Å². The standard InChI is InChI=1S/C23H26ClN7O/c1-31-13-16(11-30-31)14-2-4-15(5-3-14)17-12-28-21(25)20(24)19(17)18-10-23(6-7-26-18)22(32)27-8-9-29-23/h2-5,11-13,18,26,29H,6-10H2,1H3,(H2,25,28)(H,27,32). The summed E-state index contributed by atoms with van der Waals surface area (Å²) in [4.78, 5) is 17.1. The van der Waals surface area contributed by atoms with Crippen LogP contribution in [0.15, 0.2) is 42.9 Å². The van der Waals surface area contributed by atoms with Crippen LogP contribution in [0.1, 0.15) is 24.4 Å². The summed E-state index contributed by atoms with van der Waals surface area (Å²) in [6.45, 7) is 2.10. The average molecular weight is 452 g/mol. The summed E-state index contributed by atoms with van der Waals surface area (Å²) >= 11 is 6.72. The van der Waals surface area contributed by atoms with E-state index in [4.69, 9.17) is 17.3 Å². The molecule has 4 heterocycles. The van der Waals surface area contributed by atoms with Crippen LogP contribution in [0.3, 0.4) is 0 Å². The van der Waals surface area contributed by atoms with Crippen LogP contribution in [0.5, 0.6) is 0 Å². The van der Waals surface area contributed by atoms with E-state index in [2.05, 4.69) is 50.3 Å². The molecule has 8 nitrogen and oxygen atoms in total. The first-order chi connectivity index (χ1) is 15.5. The second kappa shape index (κ2) is 8.20. The molecule has 5 N–H and O–H groups in total. The van der Waals surface area contributed by atoms with Crippen molar-refractivity contribution < 1.29 is 4.79 Å². The Bertz CT molecular complexity index is 1160. The number of amides is 1. The van der Waals surface area contributed by atoms with E-state index in [0.29, 0.717) is 30.4 Å². The zero-order chi connectivity index (χ0) is 22.3. The number of nitrogens with one attached hydrogen (secondary N) is 3. The summed E-state index contributed by atoms with van der Waals surface area (Å²) in [6, 6.07) is 8.10. The Morgan fingerprint density at radius 2 is 1.91 bits per heavy atom. The second-order valence-electron chi connectivity index (χ2n) is 8.49. The van der Waals surface area contributed by atoms with Crippen molar-refractivity contribution in [3.8, 4) is 22.3 Å². The van der Waals surface area contributed by atoms with Gasteiger partial charge in [0.2, 0.25) is 5.91 Å². The summed E-state index contributed by atoms with van der Waals surface area (Å²) in [6.07, 6.45) is 6.91. The van der Waals surface area contributed by atoms with Gasteiger partial charge in [0, 0.05) is 55.3 Å². The normalized spacial score (nSPS) is 23.3. The first-order valence-electron chi connectivity index (χ1n) is 10.8. The number of aryl methyl sites for hydroxylation is 1. The number of nitrogens with two attached hydrogens (primary N) is 1. The van der Waals surface area contributed by atoms with Gasteiger partial charge in [-0.1, -0.05) is 35.9 Å². The SMILES string of the molecule is Cn1cc(-c2ccc(-c3cnc(N)c(Cl)c3C3CC4(CCN3)NCCNC4=O)cc2)cn1. The minimum Gasteiger partial charge on any atom is -0.382 e. The molecule has 32 heavy (non-hydrogen) atoms. The van der Waals surface area contributed by atoms with Gasteiger partial charge in [-0.2, -0.15) is 5.10 Å². The van der Waals surface area contributed by atoms with Crippen molar-refractivity contribution in [2.24, 2.45) is 7.05 Å². The van der Waals surface area contributed by atoms with Gasteiger partial charge in [-0.05, 0) is 30.5 Å². The third kappa shape index (κ3) is 3.64. The number of hydrogen-bond acceptors (Lipinski definition) is 6. The molecular weight excluding hydrogens is 426 g/mol. The lowest BCUT2D eigenvalue weighted by Crippen LogP contribution is -2.66. The first kappa shape index (κ1) is 20.9. The molecule has 9 heteroatoms. The van der Waals surface area contributed by atoms with E-state index in [0.717, 1.165) is 40.8 Å². The van der Waals surface area contributed by atoms with Crippen molar-refractivity contribution >= 4 is 23.3 Å². The van der Waals surface area contributed by atoms with E-state index in [1.165, 1.54) is 0 Å². The summed E-state index contributed by atoms with van der Waals surface area (Å²) in [7, 11) is 1.90. The summed E-state index contributed by atoms with van der Waals surface area (Å²) < 4.78 is 1.78. The molecule has 2 atom stereocenters. The van der Waals surface area contributed by atoms with Crippen molar-refractivity contribution in [3.63, 3.8) is 0 Å². The van der Waals surface area contributed by atoms with Gasteiger partial charge in [0.15, 0.2) is 0 Å². The molecular formula is C23H26ClN7O. The predicted molar refractivity (Wildman–Crippen MR) is 125 cm³/mol. The van der Waals surface area contributed by atoms with Crippen LogP contribution in [0, 0.1) is 0 Å². The molecule has 1 spiro atoms. The Labute approximate surface area is 191 Å². The van der Waals surface area contributed by atoms with Crippen LogP contribution in [-0.2, 0) is 11.8 Å². The monoisotopic (exact) mass is 451 g/mol. The van der Waals surface area contributed by atoms with Gasteiger partial charge < -0.3 is 21.7 Å². The minimum absolute atomic E-state index is 0.0516. The van der Waals surface area contributed by atoms with Gasteiger partial charge >= 0.3 is 0 Å². The van der Waals surface area contributed by atoms with Crippen molar-refractivity contribution in [1.82, 2.24) is 30.7 Å². The van der Waals surface area contributed by atoms with Crippen molar-refractivity contribution in [2.45, 2.75) is 24.4 Å². The van der Waals surface area contributed by atoms with E-state index in [9.17, 15) is 4.79 Å². The number of piperidine rings is 1. The highest BCUT2D eigenvalue weighted by Gasteiger charge is 2.45. The van der Waals surface area contributed by atoms with E-state index in [1.54, 1.807) is 10.9 Å². The third-order valence-corrected chi connectivity index (χ3v) is 6.87. The molecule has 0 saturated carbocycles. The van der Waals surface area contributed by atoms with Gasteiger partial charge in [0.1, 0.15) is 11.4 Å². The molecule has 166 valence electrons. The lowest BCUT2D eigenvalue weighted by atomic mass is 9.79. The molecule has 0 radical (unpaired) electrons. The molecule has 3 aromatic rings. The number of piperazine rings is 1. The molecule has 1 aromatic carbocycles. The maximum absolute atomic E-state index is 12.8. The van der Waals surface area contributed by atoms with E-state index in [1.807, 2.05) is 19.4 Å². The summed E-state index contributed by atoms with van der Waals surface area (Å²) in [5, 5.41) is 14.7. The Morgan fingerprint density at radius 1 is 1.12 bits per heavy atom. The van der Waals surface area contributed by atoms with E-state index >= 15 is 0 Å². The highest BCUT2D eigenvalue weighted by molar-refractivity contribution is 6.34. The molecule has 2 unspecified atom stereocenters. The van der Waals surface area contributed by atoms with Crippen LogP contribution in [0.4, 0.5) is 5.82 Å². The molecule has 5 rings (SSSR count). The molecule has 2 aliphatic heterocycles. The molecule has 1 amide bonds. The quantitative estimate of drug-likeness (QED) is 0.486. The number of benzene rings is 1. The van der Waals surface area contributed by atoms with Gasteiger partial charge in [0.05, 0.1) is 11.2 Å². The molecule has 2 fully saturated rings. The van der Waals surface area contributed by atoms with E-state index in [-0.39, 0.29) is 11.9 Å². The van der Waals surface area contributed by atoms with Gasteiger partial charge in [-0.15, -0.1) is 0 Å². The lowest BCUT2D eigenvalue weighted by Gasteiger charge is -2.44. The third-order valence-electron chi connectivity index (χ3n) is 6.47.